The third-order valence-corrected chi connectivity index (χ3v) is 3.04. The highest BCUT2D eigenvalue weighted by molar-refractivity contribution is 5.83. The first-order chi connectivity index (χ1) is 9.39. The van der Waals surface area contributed by atoms with E-state index in [-0.39, 0.29) is 0 Å². The lowest BCUT2D eigenvalue weighted by molar-refractivity contribution is -0.141. The minimum atomic E-state index is -3.19. The number of benzene rings is 1. The first-order valence-corrected chi connectivity index (χ1v) is 5.97. The van der Waals surface area contributed by atoms with E-state index in [0.29, 0.717) is 10.5 Å². The van der Waals surface area contributed by atoms with Gasteiger partial charge in [-0.25, -0.2) is 18.4 Å². The fourth-order valence-corrected chi connectivity index (χ4v) is 2.08. The minimum Gasteiger partial charge on any atom is -0.465 e. The highest BCUT2D eigenvalue weighted by Crippen LogP contribution is 2.29. The lowest BCUT2D eigenvalue weighted by Gasteiger charge is -2.22. The molecule has 5 nitrogen and oxygen atoms in total. The molecule has 1 N–H and O–H groups in total. The van der Waals surface area contributed by atoms with E-state index in [0.717, 1.165) is 0 Å². The van der Waals surface area contributed by atoms with E-state index in [9.17, 15) is 18.4 Å². The summed E-state index contributed by atoms with van der Waals surface area (Å²) in [6, 6.07) is 6.64. The van der Waals surface area contributed by atoms with Crippen molar-refractivity contribution in [1.29, 1.82) is 0 Å². The van der Waals surface area contributed by atoms with Crippen molar-refractivity contribution in [2.24, 2.45) is 0 Å². The molecule has 20 heavy (non-hydrogen) atoms. The lowest BCUT2D eigenvalue weighted by atomic mass is 10.0. The quantitative estimate of drug-likeness (QED) is 0.860. The van der Waals surface area contributed by atoms with Gasteiger partial charge in [0.15, 0.2) is 6.73 Å². The van der Waals surface area contributed by atoms with Crippen molar-refractivity contribution in [2.75, 3.05) is 6.73 Å². The van der Waals surface area contributed by atoms with Gasteiger partial charge >= 0.3 is 12.1 Å². The van der Waals surface area contributed by atoms with Crippen LogP contribution < -0.4 is 0 Å². The molecule has 1 aromatic carbocycles. The summed E-state index contributed by atoms with van der Waals surface area (Å²) in [6.45, 7) is -0.500. The van der Waals surface area contributed by atoms with E-state index in [4.69, 9.17) is 5.11 Å². The van der Waals surface area contributed by atoms with Crippen LogP contribution in [0.5, 0.6) is 0 Å². The van der Waals surface area contributed by atoms with Gasteiger partial charge in [-0.1, -0.05) is 30.3 Å². The smallest absolute Gasteiger partial charge is 0.410 e. The van der Waals surface area contributed by atoms with Crippen LogP contribution >= 0.6 is 0 Å². The topological polar surface area (TPSA) is 66.8 Å². The van der Waals surface area contributed by atoms with Gasteiger partial charge in [-0.05, 0) is 5.56 Å². The normalized spacial score (nSPS) is 19.0. The molecule has 0 spiro atoms. The van der Waals surface area contributed by atoms with Gasteiger partial charge in [0, 0.05) is 12.8 Å². The molecule has 1 amide bonds. The van der Waals surface area contributed by atoms with Gasteiger partial charge in [-0.3, -0.25) is 4.90 Å². The predicted octanol–water partition coefficient (Wildman–Crippen LogP) is 2.12. The number of ether oxygens (including phenoxy) is 1. The van der Waals surface area contributed by atoms with Gasteiger partial charge in [0.1, 0.15) is 6.04 Å². The number of rotatable bonds is 4. The Morgan fingerprint density at radius 1 is 1.40 bits per heavy atom. The molecule has 0 radical (unpaired) electrons. The maximum absolute atomic E-state index is 13.9. The van der Waals surface area contributed by atoms with Gasteiger partial charge in [0.25, 0.3) is 5.92 Å². The molecule has 0 aliphatic carbocycles. The SMILES string of the molecule is O=C1OCN(C(=O)O)[C@H]1CC(F)(F)Cc1ccccc1. The Hall–Kier alpha value is -2.18. The van der Waals surface area contributed by atoms with Gasteiger partial charge in [-0.2, -0.15) is 0 Å². The summed E-state index contributed by atoms with van der Waals surface area (Å²) in [6.07, 6.45) is -2.88. The zero-order chi connectivity index (χ0) is 14.8. The number of carbonyl (C=O) groups excluding carboxylic acids is 1. The van der Waals surface area contributed by atoms with Crippen molar-refractivity contribution < 1.29 is 28.2 Å². The molecule has 0 unspecified atom stereocenters. The van der Waals surface area contributed by atoms with Crippen molar-refractivity contribution in [3.63, 3.8) is 0 Å². The van der Waals surface area contributed by atoms with Crippen molar-refractivity contribution in [1.82, 2.24) is 4.90 Å². The average Bonchev–Trinajstić information content (AvgIpc) is 2.71. The van der Waals surface area contributed by atoms with Crippen LogP contribution in [0.2, 0.25) is 0 Å². The first-order valence-electron chi connectivity index (χ1n) is 5.97. The molecule has 1 aliphatic rings. The zero-order valence-corrected chi connectivity index (χ0v) is 10.5. The third kappa shape index (κ3) is 3.23. The van der Waals surface area contributed by atoms with E-state index in [1.54, 1.807) is 30.3 Å². The van der Waals surface area contributed by atoms with Crippen molar-refractivity contribution in [3.8, 4) is 0 Å². The number of halogens is 2. The molecule has 1 fully saturated rings. The molecule has 0 bridgehead atoms. The monoisotopic (exact) mass is 285 g/mol. The van der Waals surface area contributed by atoms with Crippen molar-refractivity contribution in [3.05, 3.63) is 35.9 Å². The van der Waals surface area contributed by atoms with Crippen LogP contribution in [0.4, 0.5) is 13.6 Å². The summed E-state index contributed by atoms with van der Waals surface area (Å²) in [5.74, 6) is -4.12. The van der Waals surface area contributed by atoms with Crippen molar-refractivity contribution in [2.45, 2.75) is 24.8 Å². The number of carboxylic acid groups (broad SMARTS) is 1. The number of esters is 1. The summed E-state index contributed by atoms with van der Waals surface area (Å²) in [5, 5.41) is 8.84. The van der Waals surface area contributed by atoms with E-state index in [1.165, 1.54) is 0 Å². The maximum atomic E-state index is 13.9. The fourth-order valence-electron chi connectivity index (χ4n) is 2.08. The summed E-state index contributed by atoms with van der Waals surface area (Å²) in [7, 11) is 0. The highest BCUT2D eigenvalue weighted by Gasteiger charge is 2.45. The highest BCUT2D eigenvalue weighted by atomic mass is 19.3. The molecule has 1 aromatic rings. The largest absolute Gasteiger partial charge is 0.465 e. The molecule has 1 saturated heterocycles. The average molecular weight is 285 g/mol. The molecular weight excluding hydrogens is 272 g/mol. The molecule has 0 saturated carbocycles. The Kier molecular flexibility index (Phi) is 3.87. The molecule has 1 atom stereocenters. The summed E-state index contributed by atoms with van der Waals surface area (Å²) in [4.78, 5) is 22.8. The standard InChI is InChI=1S/C13H13F2NO4/c14-13(15,6-9-4-2-1-3-5-9)7-10-11(17)20-8-16(10)12(18)19/h1-5,10H,6-8H2,(H,18,19)/t10-/m0/s1. The van der Waals surface area contributed by atoms with E-state index in [1.807, 2.05) is 0 Å². The third-order valence-electron chi connectivity index (χ3n) is 3.04. The second kappa shape index (κ2) is 5.44. The Bertz CT molecular complexity index is 506. The second-order valence-electron chi connectivity index (χ2n) is 4.58. The maximum Gasteiger partial charge on any atom is 0.410 e. The van der Waals surface area contributed by atoms with Gasteiger partial charge in [0.05, 0.1) is 0 Å². The number of cyclic esters (lactones) is 1. The Morgan fingerprint density at radius 2 is 2.05 bits per heavy atom. The minimum absolute atomic E-state index is 0.422. The van der Waals surface area contributed by atoms with Gasteiger partial charge in [-0.15, -0.1) is 0 Å². The first kappa shape index (κ1) is 14.2. The van der Waals surface area contributed by atoms with Crippen LogP contribution in [0.3, 0.4) is 0 Å². The van der Waals surface area contributed by atoms with Crippen LogP contribution in [-0.4, -0.2) is 40.8 Å². The molecule has 108 valence electrons. The summed E-state index contributed by atoms with van der Waals surface area (Å²) in [5.41, 5.74) is 0.422. The Labute approximate surface area is 113 Å². The molecule has 2 rings (SSSR count). The van der Waals surface area contributed by atoms with Crippen LogP contribution in [0.25, 0.3) is 0 Å². The lowest BCUT2D eigenvalue weighted by Crippen LogP contribution is -2.41. The van der Waals surface area contributed by atoms with Crippen LogP contribution in [0.15, 0.2) is 30.3 Å². The Morgan fingerprint density at radius 3 is 2.65 bits per heavy atom. The molecule has 1 heterocycles. The number of carbonyl (C=O) groups is 2. The van der Waals surface area contributed by atoms with E-state index in [2.05, 4.69) is 4.74 Å². The van der Waals surface area contributed by atoms with Gasteiger partial charge < -0.3 is 9.84 Å². The Balaban J connectivity index is 2.07. The van der Waals surface area contributed by atoms with Crippen LogP contribution in [-0.2, 0) is 16.0 Å². The fraction of sp³-hybridized carbons (Fsp3) is 0.385. The zero-order valence-electron chi connectivity index (χ0n) is 10.5. The van der Waals surface area contributed by atoms with Crippen molar-refractivity contribution >= 4 is 12.1 Å². The molecular formula is C13H13F2NO4. The summed E-state index contributed by atoms with van der Waals surface area (Å²) >= 11 is 0. The number of hydrogen-bond donors (Lipinski definition) is 1. The summed E-state index contributed by atoms with van der Waals surface area (Å²) < 4.78 is 32.4. The number of nitrogens with zero attached hydrogens (tertiary/aromatic N) is 1. The predicted molar refractivity (Wildman–Crippen MR) is 64.3 cm³/mol. The van der Waals surface area contributed by atoms with Crippen LogP contribution in [0, 0.1) is 0 Å². The number of alkyl halides is 2. The van der Waals surface area contributed by atoms with Crippen LogP contribution in [0.1, 0.15) is 12.0 Å². The second-order valence-corrected chi connectivity index (χ2v) is 4.58. The van der Waals surface area contributed by atoms with E-state index < -0.39 is 43.6 Å². The van der Waals surface area contributed by atoms with E-state index >= 15 is 0 Å². The molecule has 7 heteroatoms. The molecule has 1 aliphatic heterocycles. The van der Waals surface area contributed by atoms with Gasteiger partial charge in [0.2, 0.25) is 0 Å². The molecule has 0 aromatic heterocycles. The number of hydrogen-bond acceptors (Lipinski definition) is 3. The number of amides is 1.